The Balaban J connectivity index is 1.41. The zero-order valence-corrected chi connectivity index (χ0v) is 18.2. The number of rotatable bonds is 3. The van der Waals surface area contributed by atoms with E-state index in [2.05, 4.69) is 22.1 Å². The molecule has 0 saturated heterocycles. The van der Waals surface area contributed by atoms with Gasteiger partial charge in [0.2, 0.25) is 11.6 Å². The predicted molar refractivity (Wildman–Crippen MR) is 123 cm³/mol. The van der Waals surface area contributed by atoms with Crippen LogP contribution in [-0.2, 0) is 6.42 Å². The number of halogens is 1. The van der Waals surface area contributed by atoms with Gasteiger partial charge in [-0.25, -0.2) is 14.4 Å². The van der Waals surface area contributed by atoms with Crippen LogP contribution in [0, 0.1) is 5.82 Å². The molecule has 4 aromatic rings. The Morgan fingerprint density at radius 3 is 2.73 bits per heavy atom. The van der Waals surface area contributed by atoms with Gasteiger partial charge in [-0.2, -0.15) is 0 Å². The van der Waals surface area contributed by atoms with E-state index in [1.165, 1.54) is 17.2 Å². The van der Waals surface area contributed by atoms with E-state index in [9.17, 15) is 9.18 Å². The molecule has 1 saturated carbocycles. The molecule has 1 fully saturated rings. The van der Waals surface area contributed by atoms with Crippen molar-refractivity contribution in [2.45, 2.75) is 38.1 Å². The van der Waals surface area contributed by atoms with Crippen molar-refractivity contribution < 1.29 is 13.6 Å². The maximum atomic E-state index is 14.5. The van der Waals surface area contributed by atoms with Crippen molar-refractivity contribution in [3.63, 3.8) is 0 Å². The van der Waals surface area contributed by atoms with Gasteiger partial charge in [-0.05, 0) is 73.1 Å². The van der Waals surface area contributed by atoms with Crippen molar-refractivity contribution in [2.75, 3.05) is 12.3 Å². The highest BCUT2D eigenvalue weighted by atomic mass is 19.1. The fraction of sp³-hybridized carbons (Fsp3) is 0.269. The molecular formula is C26H23FN4O2. The van der Waals surface area contributed by atoms with E-state index < -0.39 is 5.82 Å². The van der Waals surface area contributed by atoms with Crippen LogP contribution in [-0.4, -0.2) is 27.3 Å². The van der Waals surface area contributed by atoms with Gasteiger partial charge in [0.05, 0.1) is 11.6 Å². The number of amides is 1. The molecule has 6 nitrogen and oxygen atoms in total. The SMILES string of the molecule is C[C@@H]1c2ccccc2CCN1C(=O)c1cc(C2CC2)c2nc(-c3ccc(N)cc3F)oc2n1. The molecule has 0 bridgehead atoms. The highest BCUT2D eigenvalue weighted by Gasteiger charge is 2.33. The first-order chi connectivity index (χ1) is 16.0. The third-order valence-corrected chi connectivity index (χ3v) is 6.71. The van der Waals surface area contributed by atoms with Crippen molar-refractivity contribution in [2.24, 2.45) is 0 Å². The van der Waals surface area contributed by atoms with Crippen molar-refractivity contribution in [3.05, 3.63) is 76.7 Å². The minimum Gasteiger partial charge on any atom is -0.418 e. The molecule has 6 rings (SSSR count). The number of hydrogen-bond donors (Lipinski definition) is 1. The van der Waals surface area contributed by atoms with Crippen molar-refractivity contribution >= 4 is 22.8 Å². The number of nitrogens with two attached hydrogens (primary N) is 1. The molecule has 2 aromatic heterocycles. The van der Waals surface area contributed by atoms with Crippen molar-refractivity contribution in [1.29, 1.82) is 0 Å². The number of nitrogen functional groups attached to an aromatic ring is 1. The van der Waals surface area contributed by atoms with Crippen LogP contribution in [0.5, 0.6) is 0 Å². The highest BCUT2D eigenvalue weighted by molar-refractivity contribution is 5.95. The van der Waals surface area contributed by atoms with Gasteiger partial charge in [0.25, 0.3) is 5.91 Å². The molecule has 33 heavy (non-hydrogen) atoms. The Hall–Kier alpha value is -3.74. The summed E-state index contributed by atoms with van der Waals surface area (Å²) in [6.45, 7) is 2.68. The Morgan fingerprint density at radius 1 is 1.12 bits per heavy atom. The van der Waals surface area contributed by atoms with Crippen LogP contribution in [0.25, 0.3) is 22.7 Å². The van der Waals surface area contributed by atoms with E-state index in [0.29, 0.717) is 29.4 Å². The van der Waals surface area contributed by atoms with Crippen molar-refractivity contribution in [1.82, 2.24) is 14.9 Å². The Kier molecular flexibility index (Phi) is 4.47. The first kappa shape index (κ1) is 19.9. The molecule has 0 unspecified atom stereocenters. The Bertz CT molecular complexity index is 1410. The van der Waals surface area contributed by atoms with Crippen molar-refractivity contribution in [3.8, 4) is 11.5 Å². The van der Waals surface area contributed by atoms with Crippen LogP contribution in [0.3, 0.4) is 0 Å². The zero-order chi connectivity index (χ0) is 22.7. The summed E-state index contributed by atoms with van der Waals surface area (Å²) in [4.78, 5) is 24.5. The molecule has 2 aliphatic rings. The van der Waals surface area contributed by atoms with Crippen LogP contribution in [0.15, 0.2) is 52.9 Å². The Labute approximate surface area is 190 Å². The number of pyridine rings is 1. The maximum Gasteiger partial charge on any atom is 0.273 e. The molecular weight excluding hydrogens is 419 g/mol. The molecule has 1 aliphatic heterocycles. The van der Waals surface area contributed by atoms with Crippen LogP contribution >= 0.6 is 0 Å². The lowest BCUT2D eigenvalue weighted by molar-refractivity contribution is 0.0671. The fourth-order valence-electron chi connectivity index (χ4n) is 4.76. The van der Waals surface area contributed by atoms with Crippen LogP contribution in [0.2, 0.25) is 0 Å². The number of anilines is 1. The lowest BCUT2D eigenvalue weighted by Gasteiger charge is -2.35. The molecule has 166 valence electrons. The number of aromatic nitrogens is 2. The van der Waals surface area contributed by atoms with E-state index in [1.54, 1.807) is 12.1 Å². The summed E-state index contributed by atoms with van der Waals surface area (Å²) in [5.41, 5.74) is 10.8. The highest BCUT2D eigenvalue weighted by Crippen LogP contribution is 2.44. The molecule has 2 N–H and O–H groups in total. The average Bonchev–Trinajstić information content (AvgIpc) is 3.57. The molecule has 2 aromatic carbocycles. The number of oxazole rings is 1. The van der Waals surface area contributed by atoms with E-state index in [-0.39, 0.29) is 29.1 Å². The first-order valence-electron chi connectivity index (χ1n) is 11.2. The van der Waals surface area contributed by atoms with E-state index in [0.717, 1.165) is 24.8 Å². The summed E-state index contributed by atoms with van der Waals surface area (Å²) < 4.78 is 20.4. The molecule has 1 amide bonds. The van der Waals surface area contributed by atoms with Crippen LogP contribution in [0.1, 0.15) is 58.9 Å². The standard InChI is InChI=1S/C26H23FN4O2/c1-14-18-5-3-2-4-15(18)10-11-31(14)26(32)22-13-20(16-6-7-16)23-25(29-22)33-24(30-23)19-9-8-17(28)12-21(19)27/h2-5,8-9,12-14,16H,6-7,10-11,28H2,1H3/t14-/m1/s1. The maximum absolute atomic E-state index is 14.5. The lowest BCUT2D eigenvalue weighted by atomic mass is 9.93. The predicted octanol–water partition coefficient (Wildman–Crippen LogP) is 5.25. The Morgan fingerprint density at radius 2 is 1.94 bits per heavy atom. The van der Waals surface area contributed by atoms with Gasteiger partial charge in [-0.1, -0.05) is 24.3 Å². The molecule has 1 aliphatic carbocycles. The zero-order valence-electron chi connectivity index (χ0n) is 18.2. The van der Waals surface area contributed by atoms with Gasteiger partial charge in [0, 0.05) is 12.2 Å². The summed E-state index contributed by atoms with van der Waals surface area (Å²) in [7, 11) is 0. The lowest BCUT2D eigenvalue weighted by Crippen LogP contribution is -2.39. The summed E-state index contributed by atoms with van der Waals surface area (Å²) >= 11 is 0. The van der Waals surface area contributed by atoms with Gasteiger partial charge < -0.3 is 15.1 Å². The van der Waals surface area contributed by atoms with E-state index in [1.807, 2.05) is 30.0 Å². The first-order valence-corrected chi connectivity index (χ1v) is 11.2. The molecule has 1 atom stereocenters. The average molecular weight is 442 g/mol. The molecule has 3 heterocycles. The summed E-state index contributed by atoms with van der Waals surface area (Å²) in [5.74, 6) is -0.179. The van der Waals surface area contributed by atoms with Gasteiger partial charge in [0.15, 0.2) is 0 Å². The monoisotopic (exact) mass is 442 g/mol. The largest absolute Gasteiger partial charge is 0.418 e. The third-order valence-electron chi connectivity index (χ3n) is 6.71. The number of hydrogen-bond acceptors (Lipinski definition) is 5. The molecule has 0 radical (unpaired) electrons. The minimum absolute atomic E-state index is 0.0431. The van der Waals surface area contributed by atoms with Crippen LogP contribution in [0.4, 0.5) is 10.1 Å². The number of benzene rings is 2. The number of carbonyl (C=O) groups is 1. The second-order valence-electron chi connectivity index (χ2n) is 8.91. The minimum atomic E-state index is -0.508. The number of fused-ring (bicyclic) bond motifs is 2. The normalized spacial score (nSPS) is 17.9. The quantitative estimate of drug-likeness (QED) is 0.438. The van der Waals surface area contributed by atoms with Gasteiger partial charge >= 0.3 is 0 Å². The topological polar surface area (TPSA) is 85.2 Å². The van der Waals surface area contributed by atoms with Crippen LogP contribution < -0.4 is 5.73 Å². The van der Waals surface area contributed by atoms with Gasteiger partial charge in [-0.3, -0.25) is 4.79 Å². The second-order valence-corrected chi connectivity index (χ2v) is 8.91. The van der Waals surface area contributed by atoms with E-state index >= 15 is 0 Å². The third kappa shape index (κ3) is 3.35. The van der Waals surface area contributed by atoms with Gasteiger partial charge in [0.1, 0.15) is 17.0 Å². The molecule has 7 heteroatoms. The summed E-state index contributed by atoms with van der Waals surface area (Å²) in [5, 5.41) is 0. The molecule has 0 spiro atoms. The fourth-order valence-corrected chi connectivity index (χ4v) is 4.76. The smallest absolute Gasteiger partial charge is 0.273 e. The van der Waals surface area contributed by atoms with Gasteiger partial charge in [-0.15, -0.1) is 0 Å². The summed E-state index contributed by atoms with van der Waals surface area (Å²) in [6, 6.07) is 14.4. The van der Waals surface area contributed by atoms with E-state index in [4.69, 9.17) is 10.2 Å². The second kappa shape index (κ2) is 7.40. The number of carbonyl (C=O) groups excluding carboxylic acids is 1. The number of nitrogens with zero attached hydrogens (tertiary/aromatic N) is 3. The summed E-state index contributed by atoms with van der Waals surface area (Å²) in [6.07, 6.45) is 2.87.